The third-order valence-electron chi connectivity index (χ3n) is 5.56. The SMILES string of the molecule is CNc1cc(N/C(C=O)=C/C=C\N(C)c2ccccn2)nn2c(C(=O)NCC3CCC(=O)N3)cnc12. The van der Waals surface area contributed by atoms with Crippen LogP contribution in [-0.4, -0.2) is 64.4 Å². The van der Waals surface area contributed by atoms with Gasteiger partial charge in [0.2, 0.25) is 5.91 Å². The molecule has 1 fully saturated rings. The maximum Gasteiger partial charge on any atom is 0.271 e. The van der Waals surface area contributed by atoms with E-state index in [0.717, 1.165) is 5.82 Å². The number of fused-ring (bicyclic) bond motifs is 1. The molecule has 0 saturated carbocycles. The topological polar surface area (TPSA) is 146 Å². The van der Waals surface area contributed by atoms with Crippen molar-refractivity contribution in [2.24, 2.45) is 0 Å². The van der Waals surface area contributed by atoms with Crippen LogP contribution in [0.1, 0.15) is 23.3 Å². The first-order valence-electron chi connectivity index (χ1n) is 11.4. The van der Waals surface area contributed by atoms with Crippen LogP contribution in [0.25, 0.3) is 5.65 Å². The van der Waals surface area contributed by atoms with Crippen LogP contribution in [0.4, 0.5) is 17.3 Å². The summed E-state index contributed by atoms with van der Waals surface area (Å²) in [6, 6.07) is 7.19. The zero-order valence-corrected chi connectivity index (χ0v) is 19.9. The van der Waals surface area contributed by atoms with Gasteiger partial charge in [0.05, 0.1) is 17.6 Å². The van der Waals surface area contributed by atoms with Crippen LogP contribution in [0.15, 0.2) is 60.7 Å². The predicted molar refractivity (Wildman–Crippen MR) is 136 cm³/mol. The molecule has 0 aliphatic carbocycles. The number of pyridine rings is 1. The Morgan fingerprint density at radius 3 is 2.89 bits per heavy atom. The van der Waals surface area contributed by atoms with E-state index in [1.807, 2.05) is 30.1 Å². The molecule has 1 unspecified atom stereocenters. The first kappa shape index (κ1) is 24.4. The van der Waals surface area contributed by atoms with Gasteiger partial charge in [0.15, 0.2) is 23.4 Å². The van der Waals surface area contributed by atoms with Crippen LogP contribution in [-0.2, 0) is 9.59 Å². The molecule has 1 aliphatic rings. The van der Waals surface area contributed by atoms with E-state index < -0.39 is 0 Å². The zero-order chi connectivity index (χ0) is 25.5. The molecule has 2 amide bonds. The van der Waals surface area contributed by atoms with E-state index in [-0.39, 0.29) is 29.2 Å². The van der Waals surface area contributed by atoms with Crippen LogP contribution in [0.5, 0.6) is 0 Å². The number of nitrogens with zero attached hydrogens (tertiary/aromatic N) is 5. The van der Waals surface area contributed by atoms with Gasteiger partial charge in [0.1, 0.15) is 5.82 Å². The minimum atomic E-state index is -0.373. The van der Waals surface area contributed by atoms with Gasteiger partial charge in [-0.2, -0.15) is 0 Å². The third kappa shape index (κ3) is 5.66. The lowest BCUT2D eigenvalue weighted by molar-refractivity contribution is -0.119. The van der Waals surface area contributed by atoms with Crippen LogP contribution in [0.3, 0.4) is 0 Å². The first-order chi connectivity index (χ1) is 17.5. The number of hydrogen-bond donors (Lipinski definition) is 4. The Bertz CT molecular complexity index is 1320. The molecule has 0 aromatic carbocycles. The fourth-order valence-corrected chi connectivity index (χ4v) is 3.68. The molecule has 4 heterocycles. The van der Waals surface area contributed by atoms with Crippen LogP contribution in [0.2, 0.25) is 0 Å². The summed E-state index contributed by atoms with van der Waals surface area (Å²) in [7, 11) is 3.57. The number of carbonyl (C=O) groups is 3. The average Bonchev–Trinajstić information content (AvgIpc) is 3.52. The molecule has 12 heteroatoms. The van der Waals surface area contributed by atoms with E-state index in [1.165, 1.54) is 10.7 Å². The maximum absolute atomic E-state index is 12.8. The van der Waals surface area contributed by atoms with E-state index in [1.54, 1.807) is 37.7 Å². The number of rotatable bonds is 10. The van der Waals surface area contributed by atoms with Gasteiger partial charge in [0.25, 0.3) is 5.91 Å². The van der Waals surface area contributed by atoms with Gasteiger partial charge in [-0.25, -0.2) is 14.5 Å². The summed E-state index contributed by atoms with van der Waals surface area (Å²) in [5, 5.41) is 16.1. The molecule has 1 aliphatic heterocycles. The number of nitrogens with one attached hydrogen (secondary N) is 4. The minimum Gasteiger partial charge on any atom is -0.385 e. The van der Waals surface area contributed by atoms with Crippen molar-refractivity contribution in [1.29, 1.82) is 0 Å². The molecule has 0 radical (unpaired) electrons. The molecule has 0 bridgehead atoms. The number of carbonyl (C=O) groups excluding carboxylic acids is 3. The van der Waals surface area contributed by atoms with Gasteiger partial charge in [-0.15, -0.1) is 5.10 Å². The van der Waals surface area contributed by atoms with E-state index in [4.69, 9.17) is 0 Å². The van der Waals surface area contributed by atoms with Crippen molar-refractivity contribution in [3.63, 3.8) is 0 Å². The number of hydrogen-bond acceptors (Lipinski definition) is 9. The normalized spacial score (nSPS) is 15.7. The molecule has 3 aromatic heterocycles. The predicted octanol–water partition coefficient (Wildman–Crippen LogP) is 1.32. The molecule has 3 aromatic rings. The Morgan fingerprint density at radius 2 is 2.19 bits per heavy atom. The molecule has 0 spiro atoms. The summed E-state index contributed by atoms with van der Waals surface area (Å²) in [5.74, 6) is 0.709. The van der Waals surface area contributed by atoms with Gasteiger partial charge in [-0.1, -0.05) is 6.07 Å². The fourth-order valence-electron chi connectivity index (χ4n) is 3.68. The molecular weight excluding hydrogens is 462 g/mol. The van der Waals surface area contributed by atoms with Crippen molar-refractivity contribution < 1.29 is 14.4 Å². The van der Waals surface area contributed by atoms with Crippen molar-refractivity contribution in [1.82, 2.24) is 30.2 Å². The second-order valence-corrected chi connectivity index (χ2v) is 8.09. The minimum absolute atomic E-state index is 0.0163. The standard InChI is InChI=1S/C24H27N9O3/c1-25-18-12-20(29-17(15-34)6-5-11-32(2)21-7-3-4-10-26-21)31-33-19(14-27-23(18)33)24(36)28-13-16-8-9-22(35)30-16/h3-7,10-12,14-16,25H,8-9,13H2,1-2H3,(H,28,36)(H,29,31)(H,30,35)/b11-5-,17-6+. The Morgan fingerprint density at radius 1 is 1.33 bits per heavy atom. The number of aromatic nitrogens is 4. The van der Waals surface area contributed by atoms with Crippen molar-refractivity contribution in [2.45, 2.75) is 18.9 Å². The largest absolute Gasteiger partial charge is 0.385 e. The fraction of sp³-hybridized carbons (Fsp3) is 0.250. The Balaban J connectivity index is 1.51. The Labute approximate surface area is 207 Å². The summed E-state index contributed by atoms with van der Waals surface area (Å²) < 4.78 is 1.41. The Hall–Kier alpha value is -4.74. The molecule has 1 saturated heterocycles. The van der Waals surface area contributed by atoms with E-state index >= 15 is 0 Å². The number of anilines is 3. The molecule has 4 N–H and O–H groups in total. The third-order valence-corrected chi connectivity index (χ3v) is 5.56. The van der Waals surface area contributed by atoms with Crippen molar-refractivity contribution in [3.05, 3.63) is 66.4 Å². The summed E-state index contributed by atoms with van der Waals surface area (Å²) in [5.41, 5.74) is 1.56. The highest BCUT2D eigenvalue weighted by Crippen LogP contribution is 2.21. The molecular formula is C24H27N9O3. The summed E-state index contributed by atoms with van der Waals surface area (Å²) in [6.07, 6.45) is 10.0. The lowest BCUT2D eigenvalue weighted by Crippen LogP contribution is -2.38. The van der Waals surface area contributed by atoms with E-state index in [0.29, 0.717) is 42.8 Å². The lowest BCUT2D eigenvalue weighted by atomic mass is 10.2. The second kappa shape index (κ2) is 11.1. The van der Waals surface area contributed by atoms with Crippen LogP contribution >= 0.6 is 0 Å². The van der Waals surface area contributed by atoms with Gasteiger partial charge in [-0.05, 0) is 30.7 Å². The maximum atomic E-state index is 12.8. The van der Waals surface area contributed by atoms with Crippen molar-refractivity contribution in [2.75, 3.05) is 36.2 Å². The van der Waals surface area contributed by atoms with Crippen LogP contribution in [0, 0.1) is 0 Å². The zero-order valence-electron chi connectivity index (χ0n) is 19.9. The summed E-state index contributed by atoms with van der Waals surface area (Å²) >= 11 is 0. The summed E-state index contributed by atoms with van der Waals surface area (Å²) in [6.45, 7) is 0.311. The molecule has 1 atom stereocenters. The highest BCUT2D eigenvalue weighted by molar-refractivity contribution is 5.94. The molecule has 186 valence electrons. The van der Waals surface area contributed by atoms with E-state index in [9.17, 15) is 14.4 Å². The average molecular weight is 490 g/mol. The van der Waals surface area contributed by atoms with Gasteiger partial charge in [0, 0.05) is 51.6 Å². The number of allylic oxidation sites excluding steroid dienone is 3. The van der Waals surface area contributed by atoms with E-state index in [2.05, 4.69) is 36.3 Å². The highest BCUT2D eigenvalue weighted by Gasteiger charge is 2.22. The van der Waals surface area contributed by atoms with Gasteiger partial charge < -0.3 is 26.2 Å². The first-order valence-corrected chi connectivity index (χ1v) is 11.4. The van der Waals surface area contributed by atoms with Gasteiger partial charge in [-0.3, -0.25) is 14.4 Å². The molecule has 12 nitrogen and oxygen atoms in total. The number of imidazole rings is 1. The molecule has 36 heavy (non-hydrogen) atoms. The molecule has 4 rings (SSSR count). The number of aldehydes is 1. The Kier molecular flexibility index (Phi) is 7.54. The van der Waals surface area contributed by atoms with Gasteiger partial charge >= 0.3 is 0 Å². The van der Waals surface area contributed by atoms with Crippen molar-refractivity contribution in [3.8, 4) is 0 Å². The highest BCUT2D eigenvalue weighted by atomic mass is 16.2. The lowest BCUT2D eigenvalue weighted by Gasteiger charge is -2.12. The second-order valence-electron chi connectivity index (χ2n) is 8.09. The monoisotopic (exact) mass is 489 g/mol. The van der Waals surface area contributed by atoms with Crippen LogP contribution < -0.4 is 26.2 Å². The summed E-state index contributed by atoms with van der Waals surface area (Å²) in [4.78, 5) is 46.3. The smallest absolute Gasteiger partial charge is 0.271 e. The quantitative estimate of drug-likeness (QED) is 0.188. The number of amides is 2. The van der Waals surface area contributed by atoms with Crippen molar-refractivity contribution >= 4 is 41.1 Å².